The molecule has 0 saturated heterocycles. The molecule has 20 heavy (non-hydrogen) atoms. The number of hydrogen-bond donors (Lipinski definition) is 3. The minimum absolute atomic E-state index is 0.0264. The molecule has 3 N–H and O–H groups in total. The fourth-order valence-electron chi connectivity index (χ4n) is 1.86. The minimum Gasteiger partial charge on any atom is -0.508 e. The number of phenols is 2. The van der Waals surface area contributed by atoms with Crippen molar-refractivity contribution >= 4 is 17.3 Å². The number of carbonyl (C=O) groups is 1. The van der Waals surface area contributed by atoms with Gasteiger partial charge in [0.15, 0.2) is 0 Å². The predicted octanol–water partition coefficient (Wildman–Crippen LogP) is 2.42. The van der Waals surface area contributed by atoms with Crippen molar-refractivity contribution in [3.63, 3.8) is 0 Å². The van der Waals surface area contributed by atoms with Gasteiger partial charge in [0.25, 0.3) is 5.91 Å². The van der Waals surface area contributed by atoms with Gasteiger partial charge in [-0.3, -0.25) is 4.79 Å². The van der Waals surface area contributed by atoms with Crippen LogP contribution in [0.2, 0.25) is 0 Å². The van der Waals surface area contributed by atoms with Gasteiger partial charge in [-0.05, 0) is 30.3 Å². The minimum atomic E-state index is -0.479. The number of hydrogen-bond acceptors (Lipinski definition) is 4. The van der Waals surface area contributed by atoms with Crippen LogP contribution < -0.4 is 10.2 Å². The summed E-state index contributed by atoms with van der Waals surface area (Å²) in [6, 6.07) is 11.2. The van der Waals surface area contributed by atoms with Gasteiger partial charge in [-0.2, -0.15) is 0 Å². The molecule has 5 nitrogen and oxygen atoms in total. The molecular weight excluding hydrogens is 256 g/mol. The van der Waals surface area contributed by atoms with Gasteiger partial charge in [0.2, 0.25) is 0 Å². The standard InChI is InChI=1S/C15H16N2O3/c1-17(2)13-6-4-3-5-12(13)16-15(20)11-9-10(18)7-8-14(11)19/h3-9,18-19H,1-2H3,(H,16,20). The molecule has 0 saturated carbocycles. The average molecular weight is 272 g/mol. The first-order valence-corrected chi connectivity index (χ1v) is 6.08. The maximum absolute atomic E-state index is 12.2. The van der Waals surface area contributed by atoms with Crippen LogP contribution in [0, 0.1) is 0 Å². The number of aromatic hydroxyl groups is 2. The molecule has 2 aromatic carbocycles. The van der Waals surface area contributed by atoms with Crippen LogP contribution in [-0.2, 0) is 0 Å². The Hall–Kier alpha value is -2.69. The molecule has 1 amide bonds. The second kappa shape index (κ2) is 5.52. The van der Waals surface area contributed by atoms with Gasteiger partial charge in [-0.25, -0.2) is 0 Å². The maximum Gasteiger partial charge on any atom is 0.259 e. The molecule has 0 aliphatic heterocycles. The number of para-hydroxylation sites is 2. The van der Waals surface area contributed by atoms with Crippen LogP contribution in [0.4, 0.5) is 11.4 Å². The molecule has 2 aromatic rings. The van der Waals surface area contributed by atoms with E-state index in [4.69, 9.17) is 0 Å². The van der Waals surface area contributed by atoms with E-state index in [-0.39, 0.29) is 17.1 Å². The highest BCUT2D eigenvalue weighted by molar-refractivity contribution is 6.07. The first-order chi connectivity index (χ1) is 9.49. The highest BCUT2D eigenvalue weighted by atomic mass is 16.3. The number of rotatable bonds is 3. The van der Waals surface area contributed by atoms with E-state index in [9.17, 15) is 15.0 Å². The first kappa shape index (κ1) is 13.7. The predicted molar refractivity (Wildman–Crippen MR) is 78.5 cm³/mol. The van der Waals surface area contributed by atoms with E-state index in [0.29, 0.717) is 5.69 Å². The fraction of sp³-hybridized carbons (Fsp3) is 0.133. The fourth-order valence-corrected chi connectivity index (χ4v) is 1.86. The van der Waals surface area contributed by atoms with Crippen LogP contribution in [0.25, 0.3) is 0 Å². The Balaban J connectivity index is 2.31. The summed E-state index contributed by atoms with van der Waals surface area (Å²) >= 11 is 0. The number of phenolic OH excluding ortho intramolecular Hbond substituents is 2. The van der Waals surface area contributed by atoms with Crippen molar-refractivity contribution in [1.29, 1.82) is 0 Å². The molecule has 0 aliphatic carbocycles. The van der Waals surface area contributed by atoms with Crippen LogP contribution in [0.5, 0.6) is 11.5 Å². The number of carbonyl (C=O) groups excluding carboxylic acids is 1. The SMILES string of the molecule is CN(C)c1ccccc1NC(=O)c1cc(O)ccc1O. The summed E-state index contributed by atoms with van der Waals surface area (Å²) in [5.74, 6) is -0.732. The number of nitrogens with zero attached hydrogens (tertiary/aromatic N) is 1. The van der Waals surface area contributed by atoms with E-state index in [0.717, 1.165) is 5.69 Å². The van der Waals surface area contributed by atoms with E-state index in [1.165, 1.54) is 18.2 Å². The molecule has 0 unspecified atom stereocenters. The first-order valence-electron chi connectivity index (χ1n) is 6.08. The van der Waals surface area contributed by atoms with Crippen molar-refractivity contribution in [3.8, 4) is 11.5 Å². The lowest BCUT2D eigenvalue weighted by Gasteiger charge is -2.17. The molecule has 0 heterocycles. The smallest absolute Gasteiger partial charge is 0.259 e. The molecule has 0 fully saturated rings. The van der Waals surface area contributed by atoms with Gasteiger partial charge >= 0.3 is 0 Å². The van der Waals surface area contributed by atoms with Crippen molar-refractivity contribution in [3.05, 3.63) is 48.0 Å². The lowest BCUT2D eigenvalue weighted by atomic mass is 10.1. The highest BCUT2D eigenvalue weighted by Crippen LogP contribution is 2.27. The molecule has 0 aliphatic rings. The van der Waals surface area contributed by atoms with Gasteiger partial charge in [0.1, 0.15) is 11.5 Å². The summed E-state index contributed by atoms with van der Waals surface area (Å²) in [4.78, 5) is 14.0. The Bertz CT molecular complexity index is 639. The van der Waals surface area contributed by atoms with Crippen molar-refractivity contribution in [2.45, 2.75) is 0 Å². The van der Waals surface area contributed by atoms with E-state index in [1.807, 2.05) is 37.2 Å². The Morgan fingerprint density at radius 2 is 1.80 bits per heavy atom. The summed E-state index contributed by atoms with van der Waals surface area (Å²) in [5.41, 5.74) is 1.50. The second-order valence-electron chi connectivity index (χ2n) is 4.57. The monoisotopic (exact) mass is 272 g/mol. The zero-order valence-corrected chi connectivity index (χ0v) is 11.3. The highest BCUT2D eigenvalue weighted by Gasteiger charge is 2.14. The third-order valence-corrected chi connectivity index (χ3v) is 2.86. The summed E-state index contributed by atoms with van der Waals surface area (Å²) in [6.45, 7) is 0. The quantitative estimate of drug-likeness (QED) is 0.750. The van der Waals surface area contributed by atoms with Gasteiger partial charge in [-0.15, -0.1) is 0 Å². The Morgan fingerprint density at radius 1 is 1.10 bits per heavy atom. The van der Waals surface area contributed by atoms with Crippen LogP contribution in [0.1, 0.15) is 10.4 Å². The Kier molecular flexibility index (Phi) is 3.79. The van der Waals surface area contributed by atoms with Crippen LogP contribution in [0.3, 0.4) is 0 Å². The lowest BCUT2D eigenvalue weighted by molar-refractivity contribution is 0.102. The second-order valence-corrected chi connectivity index (χ2v) is 4.57. The van der Waals surface area contributed by atoms with Gasteiger partial charge in [0.05, 0.1) is 16.9 Å². The molecule has 2 rings (SSSR count). The van der Waals surface area contributed by atoms with Crippen molar-refractivity contribution in [2.75, 3.05) is 24.3 Å². The summed E-state index contributed by atoms with van der Waals surface area (Å²) in [5, 5.41) is 21.8. The van der Waals surface area contributed by atoms with E-state index < -0.39 is 5.91 Å². The lowest BCUT2D eigenvalue weighted by Crippen LogP contribution is -2.16. The zero-order chi connectivity index (χ0) is 14.7. The van der Waals surface area contributed by atoms with Crippen molar-refractivity contribution in [1.82, 2.24) is 0 Å². The average Bonchev–Trinajstić information content (AvgIpc) is 2.41. The molecule has 0 spiro atoms. The normalized spacial score (nSPS) is 10.1. The molecule has 0 aromatic heterocycles. The van der Waals surface area contributed by atoms with Gasteiger partial charge < -0.3 is 20.4 Å². The number of nitrogens with one attached hydrogen (secondary N) is 1. The largest absolute Gasteiger partial charge is 0.508 e. The summed E-state index contributed by atoms with van der Waals surface area (Å²) < 4.78 is 0. The topological polar surface area (TPSA) is 72.8 Å². The molecular formula is C15H16N2O3. The number of benzene rings is 2. The third kappa shape index (κ3) is 2.83. The van der Waals surface area contributed by atoms with Crippen LogP contribution in [0.15, 0.2) is 42.5 Å². The number of amides is 1. The van der Waals surface area contributed by atoms with Crippen molar-refractivity contribution in [2.24, 2.45) is 0 Å². The Labute approximate surface area is 117 Å². The van der Waals surface area contributed by atoms with Crippen LogP contribution >= 0.6 is 0 Å². The molecule has 0 radical (unpaired) electrons. The van der Waals surface area contributed by atoms with Crippen LogP contribution in [-0.4, -0.2) is 30.2 Å². The van der Waals surface area contributed by atoms with E-state index >= 15 is 0 Å². The zero-order valence-electron chi connectivity index (χ0n) is 11.3. The van der Waals surface area contributed by atoms with E-state index in [1.54, 1.807) is 6.07 Å². The summed E-state index contributed by atoms with van der Waals surface area (Å²) in [6.07, 6.45) is 0. The molecule has 104 valence electrons. The molecule has 0 atom stereocenters. The molecule has 0 bridgehead atoms. The number of anilines is 2. The van der Waals surface area contributed by atoms with Crippen molar-refractivity contribution < 1.29 is 15.0 Å². The maximum atomic E-state index is 12.2. The van der Waals surface area contributed by atoms with Gasteiger partial charge in [0, 0.05) is 14.1 Å². The summed E-state index contributed by atoms with van der Waals surface area (Å²) in [7, 11) is 3.74. The molecule has 5 heteroatoms. The third-order valence-electron chi connectivity index (χ3n) is 2.86. The van der Waals surface area contributed by atoms with Gasteiger partial charge in [-0.1, -0.05) is 12.1 Å². The Morgan fingerprint density at radius 3 is 2.50 bits per heavy atom. The van der Waals surface area contributed by atoms with E-state index in [2.05, 4.69) is 5.32 Å².